The Morgan fingerprint density at radius 2 is 1.62 bits per heavy atom. The molecular weight excluding hydrogens is 328 g/mol. The van der Waals surface area contributed by atoms with Crippen LogP contribution in [0.5, 0.6) is 0 Å². The lowest BCUT2D eigenvalue weighted by atomic mass is 10.1. The first-order valence-electron chi connectivity index (χ1n) is 9.02. The van der Waals surface area contributed by atoms with E-state index in [0.717, 1.165) is 11.1 Å². The summed E-state index contributed by atoms with van der Waals surface area (Å²) >= 11 is 0. The van der Waals surface area contributed by atoms with E-state index < -0.39 is 18.4 Å². The van der Waals surface area contributed by atoms with Crippen LogP contribution in [-0.2, 0) is 11.3 Å². The molecule has 0 aromatic heterocycles. The Balaban J connectivity index is 0.00000163. The molecule has 0 spiro atoms. The number of hydrogen-bond acceptors (Lipinski definition) is 4. The summed E-state index contributed by atoms with van der Waals surface area (Å²) < 4.78 is 5.26. The van der Waals surface area contributed by atoms with E-state index in [9.17, 15) is 9.90 Å². The van der Waals surface area contributed by atoms with Crippen LogP contribution in [0.1, 0.15) is 37.9 Å². The maximum absolute atomic E-state index is 12.2. The van der Waals surface area contributed by atoms with Crippen molar-refractivity contribution < 1.29 is 14.6 Å². The van der Waals surface area contributed by atoms with Crippen LogP contribution < -0.4 is 5.32 Å². The maximum Gasteiger partial charge on any atom is 0.408 e. The molecule has 2 aromatic carbocycles. The summed E-state index contributed by atoms with van der Waals surface area (Å²) in [6, 6.07) is 18.3. The topological polar surface area (TPSA) is 61.8 Å². The molecule has 2 unspecified atom stereocenters. The van der Waals surface area contributed by atoms with Crippen molar-refractivity contribution in [2.45, 2.75) is 39.6 Å². The van der Waals surface area contributed by atoms with E-state index in [1.54, 1.807) is 11.9 Å². The number of alkyl carbamates (subject to hydrolysis) is 1. The number of benzene rings is 2. The van der Waals surface area contributed by atoms with Gasteiger partial charge in [-0.05, 0) is 24.7 Å². The minimum atomic E-state index is -0.846. The predicted octanol–water partition coefficient (Wildman–Crippen LogP) is 3.95. The average Bonchev–Trinajstić information content (AvgIpc) is 2.72. The normalized spacial score (nSPS) is 12.5. The van der Waals surface area contributed by atoms with Crippen molar-refractivity contribution in [2.75, 3.05) is 13.6 Å². The number of aliphatic hydroxyl groups excluding tert-OH is 1. The number of carbonyl (C=O) groups is 1. The number of nitrogens with zero attached hydrogens (tertiary/aromatic N) is 1. The molecule has 0 heterocycles. The SMILES string of the molecule is CC.CCN(C)C(O)C(NC(=O)OCc1ccccc1)c1ccccc1. The van der Waals surface area contributed by atoms with Gasteiger partial charge in [-0.25, -0.2) is 4.79 Å². The van der Waals surface area contributed by atoms with E-state index >= 15 is 0 Å². The van der Waals surface area contributed by atoms with Crippen molar-refractivity contribution in [1.29, 1.82) is 0 Å². The van der Waals surface area contributed by atoms with E-state index in [1.807, 2.05) is 81.4 Å². The third kappa shape index (κ3) is 6.86. The summed E-state index contributed by atoms with van der Waals surface area (Å²) in [5.74, 6) is 0. The lowest BCUT2D eigenvalue weighted by molar-refractivity contribution is -0.00676. The number of carbonyl (C=O) groups excluding carboxylic acids is 1. The van der Waals surface area contributed by atoms with Crippen molar-refractivity contribution in [3.63, 3.8) is 0 Å². The Bertz CT molecular complexity index is 620. The third-order valence-corrected chi connectivity index (χ3v) is 3.89. The van der Waals surface area contributed by atoms with Gasteiger partial charge >= 0.3 is 6.09 Å². The molecule has 0 fully saturated rings. The molecule has 0 bridgehead atoms. The van der Waals surface area contributed by atoms with Crippen molar-refractivity contribution in [2.24, 2.45) is 0 Å². The van der Waals surface area contributed by atoms with E-state index in [-0.39, 0.29) is 6.61 Å². The molecule has 0 saturated heterocycles. The fourth-order valence-electron chi connectivity index (χ4n) is 2.32. The van der Waals surface area contributed by atoms with Gasteiger partial charge < -0.3 is 15.2 Å². The van der Waals surface area contributed by atoms with Gasteiger partial charge in [0.15, 0.2) is 0 Å². The summed E-state index contributed by atoms with van der Waals surface area (Å²) in [6.07, 6.45) is -1.40. The first kappa shape index (κ1) is 21.7. The molecule has 5 heteroatoms. The molecule has 0 aliphatic heterocycles. The van der Waals surface area contributed by atoms with Crippen molar-refractivity contribution in [3.05, 3.63) is 71.8 Å². The van der Waals surface area contributed by atoms with E-state index in [2.05, 4.69) is 5.32 Å². The maximum atomic E-state index is 12.2. The van der Waals surface area contributed by atoms with Gasteiger partial charge in [0.25, 0.3) is 0 Å². The minimum absolute atomic E-state index is 0.188. The molecule has 2 N–H and O–H groups in total. The highest BCUT2D eigenvalue weighted by atomic mass is 16.5. The average molecular weight is 358 g/mol. The molecule has 2 aromatic rings. The molecule has 26 heavy (non-hydrogen) atoms. The molecule has 142 valence electrons. The largest absolute Gasteiger partial charge is 0.445 e. The van der Waals surface area contributed by atoms with Crippen LogP contribution >= 0.6 is 0 Å². The highest BCUT2D eigenvalue weighted by molar-refractivity contribution is 5.68. The van der Waals surface area contributed by atoms with Crippen LogP contribution in [0.25, 0.3) is 0 Å². The summed E-state index contributed by atoms with van der Waals surface area (Å²) in [7, 11) is 1.80. The molecule has 0 aliphatic carbocycles. The Morgan fingerprint density at radius 1 is 1.08 bits per heavy atom. The quantitative estimate of drug-likeness (QED) is 0.736. The van der Waals surface area contributed by atoms with E-state index in [1.165, 1.54) is 0 Å². The minimum Gasteiger partial charge on any atom is -0.445 e. The fraction of sp³-hybridized carbons (Fsp3) is 0.381. The molecule has 1 amide bonds. The molecule has 5 nitrogen and oxygen atoms in total. The second kappa shape index (κ2) is 12.1. The van der Waals surface area contributed by atoms with Gasteiger partial charge in [0, 0.05) is 0 Å². The van der Waals surface area contributed by atoms with Crippen LogP contribution in [0.15, 0.2) is 60.7 Å². The Labute approximate surface area is 156 Å². The second-order valence-corrected chi connectivity index (χ2v) is 5.58. The number of rotatable bonds is 7. The zero-order chi connectivity index (χ0) is 19.4. The van der Waals surface area contributed by atoms with Gasteiger partial charge in [0.2, 0.25) is 0 Å². The highest BCUT2D eigenvalue weighted by Gasteiger charge is 2.26. The monoisotopic (exact) mass is 358 g/mol. The van der Waals surface area contributed by atoms with Crippen LogP contribution in [0.4, 0.5) is 4.79 Å². The zero-order valence-corrected chi connectivity index (χ0v) is 16.1. The van der Waals surface area contributed by atoms with Crippen LogP contribution in [-0.4, -0.2) is 35.9 Å². The molecule has 2 atom stereocenters. The number of likely N-dealkylation sites (N-methyl/N-ethyl adjacent to an activating group) is 1. The summed E-state index contributed by atoms with van der Waals surface area (Å²) in [6.45, 7) is 6.79. The van der Waals surface area contributed by atoms with Gasteiger partial charge in [0.05, 0.1) is 6.04 Å². The molecular formula is C21H30N2O3. The molecule has 2 rings (SSSR count). The van der Waals surface area contributed by atoms with Gasteiger partial charge in [0.1, 0.15) is 12.8 Å². The lowest BCUT2D eigenvalue weighted by Gasteiger charge is -2.30. The predicted molar refractivity (Wildman–Crippen MR) is 105 cm³/mol. The van der Waals surface area contributed by atoms with Crippen LogP contribution in [0, 0.1) is 0 Å². The first-order chi connectivity index (χ1) is 12.6. The number of hydrogen-bond donors (Lipinski definition) is 2. The number of amides is 1. The smallest absolute Gasteiger partial charge is 0.408 e. The van der Waals surface area contributed by atoms with Crippen molar-refractivity contribution in [3.8, 4) is 0 Å². The summed E-state index contributed by atoms with van der Waals surface area (Å²) in [5, 5.41) is 13.3. The molecule has 0 saturated carbocycles. The number of aliphatic hydroxyl groups is 1. The van der Waals surface area contributed by atoms with Gasteiger partial charge in [-0.15, -0.1) is 0 Å². The standard InChI is InChI=1S/C19H24N2O3.C2H6/c1-3-21(2)18(22)17(16-12-8-5-9-13-16)20-19(23)24-14-15-10-6-4-7-11-15;1-2/h4-13,17-18,22H,3,14H2,1-2H3,(H,20,23);1-2H3. The summed E-state index contributed by atoms with van der Waals surface area (Å²) in [4.78, 5) is 13.9. The Hall–Kier alpha value is -2.37. The summed E-state index contributed by atoms with van der Waals surface area (Å²) in [5.41, 5.74) is 1.73. The van der Waals surface area contributed by atoms with Crippen LogP contribution in [0.3, 0.4) is 0 Å². The van der Waals surface area contributed by atoms with Gasteiger partial charge in [-0.1, -0.05) is 81.4 Å². The lowest BCUT2D eigenvalue weighted by Crippen LogP contribution is -2.44. The third-order valence-electron chi connectivity index (χ3n) is 3.89. The Morgan fingerprint density at radius 3 is 2.15 bits per heavy atom. The molecule has 0 aliphatic rings. The van der Waals surface area contributed by atoms with Gasteiger partial charge in [-0.2, -0.15) is 0 Å². The van der Waals surface area contributed by atoms with E-state index in [4.69, 9.17) is 4.74 Å². The number of nitrogens with one attached hydrogen (secondary N) is 1. The van der Waals surface area contributed by atoms with Crippen molar-refractivity contribution in [1.82, 2.24) is 10.2 Å². The number of ether oxygens (including phenoxy) is 1. The highest BCUT2D eigenvalue weighted by Crippen LogP contribution is 2.19. The van der Waals surface area contributed by atoms with E-state index in [0.29, 0.717) is 6.54 Å². The van der Waals surface area contributed by atoms with Crippen molar-refractivity contribution >= 4 is 6.09 Å². The first-order valence-corrected chi connectivity index (χ1v) is 9.02. The second-order valence-electron chi connectivity index (χ2n) is 5.58. The van der Waals surface area contributed by atoms with Crippen LogP contribution in [0.2, 0.25) is 0 Å². The molecule has 0 radical (unpaired) electrons. The van der Waals surface area contributed by atoms with Gasteiger partial charge in [-0.3, -0.25) is 4.90 Å². The Kier molecular flexibility index (Phi) is 10.1. The fourth-order valence-corrected chi connectivity index (χ4v) is 2.32. The zero-order valence-electron chi connectivity index (χ0n) is 16.1.